The van der Waals surface area contributed by atoms with E-state index in [1.807, 2.05) is 25.3 Å². The predicted molar refractivity (Wildman–Crippen MR) is 124 cm³/mol. The van der Waals surface area contributed by atoms with Gasteiger partial charge in [-0.15, -0.1) is 0 Å². The number of aryl methyl sites for hydroxylation is 1. The Morgan fingerprint density at radius 1 is 1.42 bits per heavy atom. The quantitative estimate of drug-likeness (QED) is 0.335. The number of aliphatic imine (C=N–C) groups is 1. The van der Waals surface area contributed by atoms with E-state index in [2.05, 4.69) is 32.7 Å². The maximum atomic E-state index is 13.7. The lowest BCUT2D eigenvalue weighted by Crippen LogP contribution is -2.35. The van der Waals surface area contributed by atoms with Gasteiger partial charge in [-0.25, -0.2) is 18.9 Å². The minimum atomic E-state index is -1.54. The summed E-state index contributed by atoms with van der Waals surface area (Å²) in [5.74, 6) is 1.46. The SMILES string of the molecule is C=CC(C)(F)COCCOc1ncc(C[N+]2=CC3C=CN=C(NC(=O)C4CC4)C3=C2)cc1C. The number of ether oxygens (including phenoxy) is 2. The molecular formula is C25H30FN4O3+. The van der Waals surface area contributed by atoms with Gasteiger partial charge in [0.15, 0.2) is 19.0 Å². The summed E-state index contributed by atoms with van der Waals surface area (Å²) in [6.07, 6.45) is 12.8. The highest BCUT2D eigenvalue weighted by molar-refractivity contribution is 6.11. The second-order valence-electron chi connectivity index (χ2n) is 8.86. The van der Waals surface area contributed by atoms with Crippen LogP contribution in [0.4, 0.5) is 4.39 Å². The van der Waals surface area contributed by atoms with E-state index in [0.29, 0.717) is 18.3 Å². The molecule has 2 atom stereocenters. The highest BCUT2D eigenvalue weighted by Crippen LogP contribution is 2.30. The number of rotatable bonds is 10. The Morgan fingerprint density at radius 2 is 2.24 bits per heavy atom. The molecule has 3 heterocycles. The zero-order chi connectivity index (χ0) is 23.4. The highest BCUT2D eigenvalue weighted by Gasteiger charge is 2.34. The average molecular weight is 454 g/mol. The van der Waals surface area contributed by atoms with Gasteiger partial charge in [0.05, 0.1) is 24.7 Å². The molecule has 0 saturated heterocycles. The molecule has 1 aromatic rings. The van der Waals surface area contributed by atoms with Crippen LogP contribution >= 0.6 is 0 Å². The summed E-state index contributed by atoms with van der Waals surface area (Å²) in [4.78, 5) is 21.0. The number of nitrogens with one attached hydrogen (secondary N) is 1. The minimum Gasteiger partial charge on any atom is -0.475 e. The van der Waals surface area contributed by atoms with Gasteiger partial charge in [0.25, 0.3) is 0 Å². The standard InChI is InChI=1S/C25H29FN4O3/c1-4-25(3,26)16-32-9-10-33-24-17(2)11-18(12-28-24)13-30-14-20-7-8-27-22(21(20)15-30)29-23(31)19-5-6-19/h4,7-8,11-12,14-15,19-20H,1,5-6,9-10,13,16H2,2-3H3/p+1. The zero-order valence-electron chi connectivity index (χ0n) is 19.1. The van der Waals surface area contributed by atoms with Crippen molar-refractivity contribution in [1.29, 1.82) is 0 Å². The van der Waals surface area contributed by atoms with Crippen molar-refractivity contribution < 1.29 is 23.2 Å². The Morgan fingerprint density at radius 3 is 2.97 bits per heavy atom. The third kappa shape index (κ3) is 6.01. The molecule has 1 N–H and O–H groups in total. The molecule has 2 unspecified atom stereocenters. The van der Waals surface area contributed by atoms with Crippen LogP contribution < -0.4 is 10.1 Å². The molecule has 2 aliphatic heterocycles. The van der Waals surface area contributed by atoms with Crippen LogP contribution in [-0.4, -0.2) is 53.0 Å². The van der Waals surface area contributed by atoms with Crippen LogP contribution in [0.1, 0.15) is 30.9 Å². The maximum absolute atomic E-state index is 13.7. The number of hydrogen-bond acceptors (Lipinski definition) is 5. The van der Waals surface area contributed by atoms with Crippen molar-refractivity contribution in [3.63, 3.8) is 0 Å². The molecule has 0 spiro atoms. The van der Waals surface area contributed by atoms with Crippen LogP contribution in [0.3, 0.4) is 0 Å². The van der Waals surface area contributed by atoms with Crippen LogP contribution in [-0.2, 0) is 16.1 Å². The molecule has 1 amide bonds. The van der Waals surface area contributed by atoms with E-state index in [9.17, 15) is 9.18 Å². The van der Waals surface area contributed by atoms with Crippen LogP contribution in [0.25, 0.3) is 0 Å². The van der Waals surface area contributed by atoms with Gasteiger partial charge < -0.3 is 14.8 Å². The second-order valence-corrected chi connectivity index (χ2v) is 8.86. The number of fused-ring (bicyclic) bond motifs is 1. The molecule has 33 heavy (non-hydrogen) atoms. The van der Waals surface area contributed by atoms with Crippen LogP contribution in [0.5, 0.6) is 5.88 Å². The molecule has 8 heteroatoms. The largest absolute Gasteiger partial charge is 0.475 e. The lowest BCUT2D eigenvalue weighted by Gasteiger charge is -2.15. The summed E-state index contributed by atoms with van der Waals surface area (Å²) < 4.78 is 26.8. The van der Waals surface area contributed by atoms with Gasteiger partial charge in [0.2, 0.25) is 11.8 Å². The summed E-state index contributed by atoms with van der Waals surface area (Å²) in [5.41, 5.74) is 1.40. The fourth-order valence-corrected chi connectivity index (χ4v) is 3.62. The smallest absolute Gasteiger partial charge is 0.228 e. The van der Waals surface area contributed by atoms with E-state index in [0.717, 1.165) is 29.5 Å². The van der Waals surface area contributed by atoms with Gasteiger partial charge in [0.1, 0.15) is 18.1 Å². The number of halogens is 1. The monoisotopic (exact) mass is 453 g/mol. The van der Waals surface area contributed by atoms with E-state index in [1.165, 1.54) is 13.0 Å². The van der Waals surface area contributed by atoms with Crippen molar-refractivity contribution in [1.82, 2.24) is 10.3 Å². The summed E-state index contributed by atoms with van der Waals surface area (Å²) in [6.45, 7) is 7.95. The van der Waals surface area contributed by atoms with Gasteiger partial charge in [-0.05, 0) is 38.8 Å². The predicted octanol–water partition coefficient (Wildman–Crippen LogP) is 3.25. The number of hydrogen-bond donors (Lipinski definition) is 1. The number of carbonyl (C=O) groups excluding carboxylic acids is 1. The third-order valence-electron chi connectivity index (χ3n) is 5.70. The number of aromatic nitrogens is 1. The molecule has 174 valence electrons. The summed E-state index contributed by atoms with van der Waals surface area (Å²) in [5, 5.41) is 2.97. The summed E-state index contributed by atoms with van der Waals surface area (Å²) >= 11 is 0. The van der Waals surface area contributed by atoms with Gasteiger partial charge in [-0.3, -0.25) is 4.79 Å². The molecule has 0 radical (unpaired) electrons. The lowest BCUT2D eigenvalue weighted by atomic mass is 10.00. The highest BCUT2D eigenvalue weighted by atomic mass is 19.1. The number of amides is 1. The number of allylic oxidation sites excluding steroid dienone is 1. The number of amidine groups is 1. The van der Waals surface area contributed by atoms with Crippen molar-refractivity contribution in [3.05, 3.63) is 60.1 Å². The lowest BCUT2D eigenvalue weighted by molar-refractivity contribution is -0.467. The van der Waals surface area contributed by atoms with E-state index in [1.54, 1.807) is 12.4 Å². The topological polar surface area (TPSA) is 75.8 Å². The molecule has 1 aromatic heterocycles. The first-order valence-electron chi connectivity index (χ1n) is 11.2. The van der Waals surface area contributed by atoms with Gasteiger partial charge in [-0.1, -0.05) is 12.7 Å². The van der Waals surface area contributed by atoms with Crippen molar-refractivity contribution >= 4 is 18.0 Å². The minimum absolute atomic E-state index is 0.0556. The maximum Gasteiger partial charge on any atom is 0.228 e. The van der Waals surface area contributed by atoms with Crippen LogP contribution in [0.2, 0.25) is 0 Å². The third-order valence-corrected chi connectivity index (χ3v) is 5.70. The van der Waals surface area contributed by atoms with Gasteiger partial charge >= 0.3 is 0 Å². The van der Waals surface area contributed by atoms with E-state index < -0.39 is 5.67 Å². The number of pyridine rings is 1. The van der Waals surface area contributed by atoms with Gasteiger partial charge in [-0.2, -0.15) is 0 Å². The fraction of sp³-hybridized carbons (Fsp3) is 0.440. The first kappa shape index (κ1) is 23.0. The normalized spacial score (nSPS) is 20.8. The van der Waals surface area contributed by atoms with Crippen molar-refractivity contribution in [2.45, 2.75) is 38.9 Å². The Balaban J connectivity index is 1.30. The van der Waals surface area contributed by atoms with Gasteiger partial charge in [0, 0.05) is 29.4 Å². The molecule has 4 rings (SSSR count). The van der Waals surface area contributed by atoms with Crippen LogP contribution in [0, 0.1) is 18.8 Å². The molecule has 0 aromatic carbocycles. The summed E-state index contributed by atoms with van der Waals surface area (Å²) in [7, 11) is 0. The Hall–Kier alpha value is -3.13. The van der Waals surface area contributed by atoms with Crippen molar-refractivity contribution in [3.8, 4) is 5.88 Å². The molecular weight excluding hydrogens is 423 g/mol. The molecule has 1 fully saturated rings. The van der Waals surface area contributed by atoms with Crippen molar-refractivity contribution in [2.75, 3.05) is 19.8 Å². The first-order chi connectivity index (χ1) is 15.8. The molecule has 7 nitrogen and oxygen atoms in total. The number of alkyl halides is 1. The van der Waals surface area contributed by atoms with E-state index in [4.69, 9.17) is 9.47 Å². The average Bonchev–Trinajstić information content (AvgIpc) is 3.55. The summed E-state index contributed by atoms with van der Waals surface area (Å²) in [6, 6.07) is 2.04. The molecule has 1 aliphatic carbocycles. The molecule has 1 saturated carbocycles. The zero-order valence-corrected chi connectivity index (χ0v) is 19.1. The molecule has 0 bridgehead atoms. The first-order valence-corrected chi connectivity index (χ1v) is 11.2. The fourth-order valence-electron chi connectivity index (χ4n) is 3.62. The number of carbonyl (C=O) groups is 1. The van der Waals surface area contributed by atoms with Crippen LogP contribution in [0.15, 0.2) is 54.0 Å². The Bertz CT molecular complexity index is 1050. The Labute approximate surface area is 193 Å². The number of nitrogens with zero attached hydrogens (tertiary/aromatic N) is 3. The van der Waals surface area contributed by atoms with E-state index >= 15 is 0 Å². The second kappa shape index (κ2) is 9.79. The van der Waals surface area contributed by atoms with E-state index in [-0.39, 0.29) is 37.6 Å². The molecule has 3 aliphatic rings. The Kier molecular flexibility index (Phi) is 6.83. The van der Waals surface area contributed by atoms with Crippen molar-refractivity contribution in [2.24, 2.45) is 16.8 Å².